The van der Waals surface area contributed by atoms with E-state index in [9.17, 15) is 0 Å². The van der Waals surface area contributed by atoms with Crippen LogP contribution in [-0.2, 0) is 4.74 Å². The smallest absolute Gasteiger partial charge is 0.0608 e. The fraction of sp³-hybridized carbons (Fsp3) is 0.917. The molecule has 0 aromatic carbocycles. The molecule has 0 aliphatic heterocycles. The van der Waals surface area contributed by atoms with E-state index in [1.165, 1.54) is 64.2 Å². The lowest BCUT2D eigenvalue weighted by Gasteiger charge is -2.52. The van der Waals surface area contributed by atoms with Crippen LogP contribution < -0.4 is 0 Å². The number of allylic oxidation sites excluding steroid dienone is 1. The molecule has 0 bridgehead atoms. The Morgan fingerprint density at radius 3 is 2.68 bits per heavy atom. The second kappa shape index (κ2) is 8.15. The summed E-state index contributed by atoms with van der Waals surface area (Å²) in [5.41, 5.74) is 2.21. The topological polar surface area (TPSA) is 9.23 Å². The van der Waals surface area contributed by atoms with Gasteiger partial charge in [0.15, 0.2) is 0 Å². The summed E-state index contributed by atoms with van der Waals surface area (Å²) in [7, 11) is 1.90. The Bertz CT molecular complexity index is 465. The Kier molecular flexibility index (Phi) is 6.35. The third-order valence-electron chi connectivity index (χ3n) is 8.40. The van der Waals surface area contributed by atoms with Crippen LogP contribution in [0.5, 0.6) is 0 Å². The average Bonchev–Trinajstić information content (AvgIpc) is 3.09. The molecule has 0 N–H and O–H groups in total. The van der Waals surface area contributed by atoms with Crippen molar-refractivity contribution in [1.29, 1.82) is 0 Å². The number of methoxy groups -OCH3 is 1. The molecular weight excluding hydrogens is 304 g/mol. The van der Waals surface area contributed by atoms with Crippen molar-refractivity contribution in [3.05, 3.63) is 11.6 Å². The molecule has 0 amide bonds. The molecule has 3 aliphatic rings. The van der Waals surface area contributed by atoms with Gasteiger partial charge in [0.05, 0.1) is 6.10 Å². The van der Waals surface area contributed by atoms with Gasteiger partial charge in [-0.1, -0.05) is 52.2 Å². The van der Waals surface area contributed by atoms with E-state index >= 15 is 0 Å². The number of hydrogen-bond acceptors (Lipinski definition) is 1. The molecule has 0 aromatic rings. The molecule has 1 nitrogen and oxygen atoms in total. The zero-order valence-corrected chi connectivity index (χ0v) is 17.5. The van der Waals surface area contributed by atoms with Crippen molar-refractivity contribution in [3.63, 3.8) is 0 Å². The monoisotopic (exact) mass is 346 g/mol. The second-order valence-electron chi connectivity index (χ2n) is 9.97. The molecule has 2 fully saturated rings. The van der Waals surface area contributed by atoms with Crippen molar-refractivity contribution in [2.45, 2.75) is 98.0 Å². The summed E-state index contributed by atoms with van der Waals surface area (Å²) < 4.78 is 5.73. The quantitative estimate of drug-likeness (QED) is 0.470. The Labute approximate surface area is 157 Å². The van der Waals surface area contributed by atoms with Gasteiger partial charge in [0.2, 0.25) is 0 Å². The van der Waals surface area contributed by atoms with Crippen LogP contribution in [-0.4, -0.2) is 13.2 Å². The van der Waals surface area contributed by atoms with Gasteiger partial charge in [0.25, 0.3) is 0 Å². The lowest BCUT2D eigenvalue weighted by atomic mass is 9.53. The van der Waals surface area contributed by atoms with Crippen LogP contribution in [0, 0.1) is 35.0 Å². The first-order valence-electron chi connectivity index (χ1n) is 11.2. The van der Waals surface area contributed by atoms with Crippen LogP contribution in [0.1, 0.15) is 91.9 Å². The molecule has 6 atom stereocenters. The molecule has 3 rings (SSSR count). The zero-order valence-electron chi connectivity index (χ0n) is 17.5. The molecule has 144 valence electrons. The normalized spacial score (nSPS) is 41.7. The van der Waals surface area contributed by atoms with E-state index in [1.807, 2.05) is 7.11 Å². The summed E-state index contributed by atoms with van der Waals surface area (Å²) >= 11 is 0. The SMILES string of the molecule is CCCCC1C(C2CCC(C(C)C)C2)CC=C2CC(OC)CCC21C. The fourth-order valence-corrected chi connectivity index (χ4v) is 6.58. The van der Waals surface area contributed by atoms with Gasteiger partial charge in [-0.2, -0.15) is 0 Å². The van der Waals surface area contributed by atoms with Crippen LogP contribution in [0.15, 0.2) is 11.6 Å². The molecule has 2 saturated carbocycles. The Morgan fingerprint density at radius 1 is 1.24 bits per heavy atom. The van der Waals surface area contributed by atoms with E-state index in [0.717, 1.165) is 29.6 Å². The van der Waals surface area contributed by atoms with E-state index in [0.29, 0.717) is 11.5 Å². The third-order valence-corrected chi connectivity index (χ3v) is 8.40. The maximum atomic E-state index is 5.73. The summed E-state index contributed by atoms with van der Waals surface area (Å²) in [6, 6.07) is 0. The summed E-state index contributed by atoms with van der Waals surface area (Å²) in [6.07, 6.45) is 17.0. The van der Waals surface area contributed by atoms with Gasteiger partial charge in [0, 0.05) is 7.11 Å². The highest BCUT2D eigenvalue weighted by Crippen LogP contribution is 2.58. The number of unbranched alkanes of at least 4 members (excludes halogenated alkanes) is 1. The number of fused-ring (bicyclic) bond motifs is 1. The van der Waals surface area contributed by atoms with E-state index in [2.05, 4.69) is 33.8 Å². The first-order valence-corrected chi connectivity index (χ1v) is 11.2. The van der Waals surface area contributed by atoms with Crippen LogP contribution in [0.2, 0.25) is 0 Å². The molecule has 0 radical (unpaired) electrons. The Hall–Kier alpha value is -0.300. The lowest BCUT2D eigenvalue weighted by molar-refractivity contribution is 0.0104. The molecular formula is C24H42O. The molecule has 25 heavy (non-hydrogen) atoms. The van der Waals surface area contributed by atoms with Crippen LogP contribution in [0.4, 0.5) is 0 Å². The van der Waals surface area contributed by atoms with Crippen LogP contribution in [0.3, 0.4) is 0 Å². The van der Waals surface area contributed by atoms with Gasteiger partial charge in [-0.25, -0.2) is 0 Å². The summed E-state index contributed by atoms with van der Waals surface area (Å²) in [5, 5.41) is 0. The third kappa shape index (κ3) is 3.87. The summed E-state index contributed by atoms with van der Waals surface area (Å²) in [6.45, 7) is 9.86. The lowest BCUT2D eigenvalue weighted by Crippen LogP contribution is -2.44. The number of ether oxygens (including phenoxy) is 1. The number of hydrogen-bond donors (Lipinski definition) is 0. The van der Waals surface area contributed by atoms with Gasteiger partial charge in [-0.15, -0.1) is 0 Å². The van der Waals surface area contributed by atoms with Crippen molar-refractivity contribution < 1.29 is 4.74 Å². The predicted molar refractivity (Wildman–Crippen MR) is 108 cm³/mol. The van der Waals surface area contributed by atoms with E-state index in [4.69, 9.17) is 4.74 Å². The van der Waals surface area contributed by atoms with Crippen molar-refractivity contribution in [2.24, 2.45) is 35.0 Å². The maximum absolute atomic E-state index is 5.73. The standard InChI is InChI=1S/C24H42O/c1-6-7-8-23-22(19-10-9-18(15-19)17(2)3)12-11-20-16-21(25-5)13-14-24(20,23)4/h11,17-19,21-23H,6-10,12-16H2,1-5H3. The van der Waals surface area contributed by atoms with E-state index in [1.54, 1.807) is 5.57 Å². The first kappa shape index (κ1) is 19.5. The van der Waals surface area contributed by atoms with Gasteiger partial charge in [0.1, 0.15) is 0 Å². The van der Waals surface area contributed by atoms with Crippen molar-refractivity contribution >= 4 is 0 Å². The molecule has 1 heteroatoms. The van der Waals surface area contributed by atoms with E-state index in [-0.39, 0.29) is 0 Å². The minimum Gasteiger partial charge on any atom is -0.381 e. The first-order chi connectivity index (χ1) is 12.0. The average molecular weight is 347 g/mol. The fourth-order valence-electron chi connectivity index (χ4n) is 6.58. The van der Waals surface area contributed by atoms with Crippen molar-refractivity contribution in [3.8, 4) is 0 Å². The van der Waals surface area contributed by atoms with Gasteiger partial charge in [-0.05, 0) is 86.4 Å². The highest BCUT2D eigenvalue weighted by Gasteiger charge is 2.49. The second-order valence-corrected chi connectivity index (χ2v) is 9.97. The van der Waals surface area contributed by atoms with Crippen LogP contribution >= 0.6 is 0 Å². The predicted octanol–water partition coefficient (Wildman–Crippen LogP) is 7.02. The van der Waals surface area contributed by atoms with E-state index < -0.39 is 0 Å². The Morgan fingerprint density at radius 2 is 2.04 bits per heavy atom. The van der Waals surface area contributed by atoms with Crippen molar-refractivity contribution in [2.75, 3.05) is 7.11 Å². The van der Waals surface area contributed by atoms with Gasteiger partial charge < -0.3 is 4.74 Å². The Balaban J connectivity index is 1.80. The maximum Gasteiger partial charge on any atom is 0.0608 e. The molecule has 0 saturated heterocycles. The van der Waals surface area contributed by atoms with Gasteiger partial charge in [-0.3, -0.25) is 0 Å². The zero-order chi connectivity index (χ0) is 18.0. The largest absolute Gasteiger partial charge is 0.381 e. The highest BCUT2D eigenvalue weighted by molar-refractivity contribution is 5.23. The summed E-state index contributed by atoms with van der Waals surface area (Å²) in [5.74, 6) is 4.72. The summed E-state index contributed by atoms with van der Waals surface area (Å²) in [4.78, 5) is 0. The molecule has 0 spiro atoms. The molecule has 0 aromatic heterocycles. The van der Waals surface area contributed by atoms with Crippen LogP contribution in [0.25, 0.3) is 0 Å². The van der Waals surface area contributed by atoms with Gasteiger partial charge >= 0.3 is 0 Å². The molecule has 3 aliphatic carbocycles. The van der Waals surface area contributed by atoms with Crippen molar-refractivity contribution in [1.82, 2.24) is 0 Å². The molecule has 6 unspecified atom stereocenters. The minimum absolute atomic E-state index is 0.461. The molecule has 0 heterocycles. The minimum atomic E-state index is 0.461. The highest BCUT2D eigenvalue weighted by atomic mass is 16.5. The number of rotatable bonds is 6.